The molecule has 0 bridgehead atoms. The van der Waals surface area contributed by atoms with Crippen LogP contribution in [0.2, 0.25) is 0 Å². The molecule has 4 heteroatoms. The van der Waals surface area contributed by atoms with Crippen LogP contribution in [-0.4, -0.2) is 11.1 Å². The molecule has 0 heterocycles. The number of aliphatic carboxylic acids is 1. The molecule has 1 aromatic rings. The highest BCUT2D eigenvalue weighted by atomic mass is 127. The van der Waals surface area contributed by atoms with Gasteiger partial charge in [0.15, 0.2) is 0 Å². The van der Waals surface area contributed by atoms with E-state index in [2.05, 4.69) is 0 Å². The van der Waals surface area contributed by atoms with E-state index < -0.39 is 5.97 Å². The molecule has 2 nitrogen and oxygen atoms in total. The van der Waals surface area contributed by atoms with Crippen LogP contribution >= 0.6 is 22.6 Å². The zero-order chi connectivity index (χ0) is 9.14. The van der Waals surface area contributed by atoms with E-state index >= 15 is 0 Å². The van der Waals surface area contributed by atoms with Crippen molar-refractivity contribution in [2.45, 2.75) is 6.42 Å². The summed E-state index contributed by atoms with van der Waals surface area (Å²) in [6.45, 7) is 0. The van der Waals surface area contributed by atoms with E-state index in [1.165, 1.54) is 18.2 Å². The van der Waals surface area contributed by atoms with Crippen molar-refractivity contribution in [1.29, 1.82) is 0 Å². The number of halogens is 2. The Balaban J connectivity index is 2.89. The van der Waals surface area contributed by atoms with E-state index in [0.717, 1.165) is 0 Å². The number of rotatable bonds is 2. The fraction of sp³-hybridized carbons (Fsp3) is 0.125. The van der Waals surface area contributed by atoms with Gasteiger partial charge in [-0.05, 0) is 40.3 Å². The van der Waals surface area contributed by atoms with Crippen molar-refractivity contribution in [2.75, 3.05) is 0 Å². The van der Waals surface area contributed by atoms with Gasteiger partial charge in [-0.3, -0.25) is 4.79 Å². The van der Waals surface area contributed by atoms with Gasteiger partial charge in [0.1, 0.15) is 5.82 Å². The maximum atomic E-state index is 12.7. The van der Waals surface area contributed by atoms with Crippen LogP contribution in [0.15, 0.2) is 18.2 Å². The Labute approximate surface area is 82.5 Å². The molecule has 0 aromatic heterocycles. The largest absolute Gasteiger partial charge is 0.481 e. The highest BCUT2D eigenvalue weighted by Crippen LogP contribution is 2.13. The molecule has 0 radical (unpaired) electrons. The SMILES string of the molecule is O=C(O)Cc1ccc(F)c(I)c1. The van der Waals surface area contributed by atoms with Crippen LogP contribution in [-0.2, 0) is 11.2 Å². The average Bonchev–Trinajstić information content (AvgIpc) is 1.96. The molecule has 1 N–H and O–H groups in total. The Morgan fingerprint density at radius 2 is 2.25 bits per heavy atom. The smallest absolute Gasteiger partial charge is 0.307 e. The van der Waals surface area contributed by atoms with Gasteiger partial charge in [-0.15, -0.1) is 0 Å². The van der Waals surface area contributed by atoms with E-state index in [0.29, 0.717) is 9.13 Å². The molecule has 0 atom stereocenters. The van der Waals surface area contributed by atoms with Gasteiger partial charge in [-0.1, -0.05) is 6.07 Å². The quantitative estimate of drug-likeness (QED) is 0.842. The van der Waals surface area contributed by atoms with E-state index in [4.69, 9.17) is 5.11 Å². The zero-order valence-corrected chi connectivity index (χ0v) is 8.21. The molecule has 0 fully saturated rings. The summed E-state index contributed by atoms with van der Waals surface area (Å²) in [6, 6.07) is 4.29. The fourth-order valence-corrected chi connectivity index (χ4v) is 1.40. The molecule has 12 heavy (non-hydrogen) atoms. The van der Waals surface area contributed by atoms with Crippen molar-refractivity contribution < 1.29 is 14.3 Å². The van der Waals surface area contributed by atoms with Gasteiger partial charge < -0.3 is 5.11 Å². The summed E-state index contributed by atoms with van der Waals surface area (Å²) in [6.07, 6.45) is -0.0592. The summed E-state index contributed by atoms with van der Waals surface area (Å²) in [5, 5.41) is 8.43. The van der Waals surface area contributed by atoms with Gasteiger partial charge in [0.05, 0.1) is 6.42 Å². The molecule has 0 spiro atoms. The molecule has 0 aliphatic rings. The van der Waals surface area contributed by atoms with Crippen LogP contribution < -0.4 is 0 Å². The highest BCUT2D eigenvalue weighted by molar-refractivity contribution is 14.1. The van der Waals surface area contributed by atoms with E-state index in [1.54, 1.807) is 0 Å². The van der Waals surface area contributed by atoms with E-state index in [1.807, 2.05) is 22.6 Å². The Morgan fingerprint density at radius 3 is 2.75 bits per heavy atom. The van der Waals surface area contributed by atoms with Crippen LogP contribution in [0.5, 0.6) is 0 Å². The third kappa shape index (κ3) is 2.44. The molecule has 1 rings (SSSR count). The van der Waals surface area contributed by atoms with Crippen LogP contribution in [0.1, 0.15) is 5.56 Å². The predicted octanol–water partition coefficient (Wildman–Crippen LogP) is 2.06. The summed E-state index contributed by atoms with van der Waals surface area (Å²) in [7, 11) is 0. The first kappa shape index (κ1) is 9.44. The zero-order valence-electron chi connectivity index (χ0n) is 6.05. The summed E-state index contributed by atoms with van der Waals surface area (Å²) in [5.41, 5.74) is 0.619. The number of carboxylic acids is 1. The predicted molar refractivity (Wildman–Crippen MR) is 50.5 cm³/mol. The third-order valence-corrected chi connectivity index (χ3v) is 2.17. The lowest BCUT2D eigenvalue weighted by Gasteiger charge is -1.98. The Morgan fingerprint density at radius 1 is 1.58 bits per heavy atom. The summed E-state index contributed by atoms with van der Waals surface area (Å²) in [4.78, 5) is 10.3. The number of hydrogen-bond acceptors (Lipinski definition) is 1. The number of benzene rings is 1. The average molecular weight is 280 g/mol. The van der Waals surface area contributed by atoms with Crippen LogP contribution in [0.25, 0.3) is 0 Å². The number of carbonyl (C=O) groups is 1. The number of carboxylic acid groups (broad SMARTS) is 1. The molecule has 0 unspecified atom stereocenters. The molecular formula is C8H6FIO2. The standard InChI is InChI=1S/C8H6FIO2/c9-6-2-1-5(3-7(6)10)4-8(11)12/h1-3H,4H2,(H,11,12). The molecule has 1 aromatic carbocycles. The Kier molecular flexibility index (Phi) is 3.02. The molecule has 0 amide bonds. The first-order valence-electron chi connectivity index (χ1n) is 3.25. The maximum Gasteiger partial charge on any atom is 0.307 e. The normalized spacial score (nSPS) is 9.83. The molecule has 0 aliphatic carbocycles. The van der Waals surface area contributed by atoms with Gasteiger partial charge >= 0.3 is 5.97 Å². The van der Waals surface area contributed by atoms with Crippen molar-refractivity contribution in [3.8, 4) is 0 Å². The minimum Gasteiger partial charge on any atom is -0.481 e. The van der Waals surface area contributed by atoms with E-state index in [9.17, 15) is 9.18 Å². The van der Waals surface area contributed by atoms with Gasteiger partial charge in [0.2, 0.25) is 0 Å². The van der Waals surface area contributed by atoms with Crippen molar-refractivity contribution in [3.63, 3.8) is 0 Å². The molecule has 0 aliphatic heterocycles. The van der Waals surface area contributed by atoms with E-state index in [-0.39, 0.29) is 12.2 Å². The lowest BCUT2D eigenvalue weighted by molar-refractivity contribution is -0.136. The molecule has 64 valence electrons. The van der Waals surface area contributed by atoms with Crippen LogP contribution in [0.3, 0.4) is 0 Å². The molecule has 0 saturated carbocycles. The van der Waals surface area contributed by atoms with Gasteiger partial charge in [-0.2, -0.15) is 0 Å². The van der Waals surface area contributed by atoms with Gasteiger partial charge in [-0.25, -0.2) is 4.39 Å². The second-order valence-corrected chi connectivity index (χ2v) is 3.48. The van der Waals surface area contributed by atoms with Crippen molar-refractivity contribution in [1.82, 2.24) is 0 Å². The first-order chi connectivity index (χ1) is 5.59. The van der Waals surface area contributed by atoms with Gasteiger partial charge in [0.25, 0.3) is 0 Å². The summed E-state index contributed by atoms with van der Waals surface area (Å²) < 4.78 is 13.1. The second kappa shape index (κ2) is 3.84. The topological polar surface area (TPSA) is 37.3 Å². The van der Waals surface area contributed by atoms with Crippen molar-refractivity contribution in [2.24, 2.45) is 0 Å². The maximum absolute atomic E-state index is 12.7. The second-order valence-electron chi connectivity index (χ2n) is 2.32. The minimum atomic E-state index is -0.905. The lowest BCUT2D eigenvalue weighted by Crippen LogP contribution is -2.00. The van der Waals surface area contributed by atoms with Gasteiger partial charge in [0, 0.05) is 3.57 Å². The minimum absolute atomic E-state index is 0.0592. The van der Waals surface area contributed by atoms with Crippen LogP contribution in [0, 0.1) is 9.39 Å². The monoisotopic (exact) mass is 280 g/mol. The fourth-order valence-electron chi connectivity index (χ4n) is 0.824. The highest BCUT2D eigenvalue weighted by Gasteiger charge is 2.03. The molecule has 0 saturated heterocycles. The third-order valence-electron chi connectivity index (χ3n) is 1.34. The summed E-state index contributed by atoms with van der Waals surface area (Å²) in [5.74, 6) is -1.22. The first-order valence-corrected chi connectivity index (χ1v) is 4.33. The lowest BCUT2D eigenvalue weighted by atomic mass is 10.1. The summed E-state index contributed by atoms with van der Waals surface area (Å²) >= 11 is 1.83. The Hall–Kier alpha value is -0.650. The van der Waals surface area contributed by atoms with Crippen molar-refractivity contribution >= 4 is 28.6 Å². The van der Waals surface area contributed by atoms with Crippen molar-refractivity contribution in [3.05, 3.63) is 33.1 Å². The number of hydrogen-bond donors (Lipinski definition) is 1. The Bertz CT molecular complexity index is 312. The molecular weight excluding hydrogens is 274 g/mol. The van der Waals surface area contributed by atoms with Crippen LogP contribution in [0.4, 0.5) is 4.39 Å².